The molecule has 1 aromatic rings. The molecule has 1 aromatic carbocycles. The summed E-state index contributed by atoms with van der Waals surface area (Å²) in [4.78, 5) is 1.34. The Balaban J connectivity index is 2.96. The Kier molecular flexibility index (Phi) is 3.42. The minimum absolute atomic E-state index is 1.32. The Morgan fingerprint density at radius 1 is 1.25 bits per heavy atom. The lowest BCUT2D eigenvalue weighted by atomic mass is 10.1. The van der Waals surface area contributed by atoms with Crippen LogP contribution < -0.4 is 0 Å². The Bertz CT molecular complexity index is 270. The van der Waals surface area contributed by atoms with Crippen LogP contribution in [0, 0.1) is 6.92 Å². The molecule has 0 aliphatic rings. The Morgan fingerprint density at radius 2 is 1.83 bits per heavy atom. The highest BCUT2D eigenvalue weighted by Crippen LogP contribution is 2.24. The molecule has 0 fully saturated rings. The van der Waals surface area contributed by atoms with E-state index in [0.717, 1.165) is 0 Å². The summed E-state index contributed by atoms with van der Waals surface area (Å²) in [7, 11) is 0. The van der Waals surface area contributed by atoms with Gasteiger partial charge in [-0.15, -0.1) is 11.8 Å². The SMILES string of the molecule is C/C=C(\SC)c1ccc(C)cc1. The molecule has 0 heterocycles. The van der Waals surface area contributed by atoms with Gasteiger partial charge in [0.2, 0.25) is 0 Å². The van der Waals surface area contributed by atoms with Gasteiger partial charge in [-0.3, -0.25) is 0 Å². The highest BCUT2D eigenvalue weighted by Gasteiger charge is 1.96. The first kappa shape index (κ1) is 9.40. The molecule has 0 radical (unpaired) electrons. The van der Waals surface area contributed by atoms with E-state index in [0.29, 0.717) is 0 Å². The number of allylic oxidation sites excluding steroid dienone is 1. The third kappa shape index (κ3) is 2.15. The predicted octanol–water partition coefficient (Wildman–Crippen LogP) is 3.72. The fraction of sp³-hybridized carbons (Fsp3) is 0.273. The first-order chi connectivity index (χ1) is 5.77. The second-order valence-electron chi connectivity index (χ2n) is 2.72. The number of aryl methyl sites for hydroxylation is 1. The molecule has 0 bridgehead atoms. The topological polar surface area (TPSA) is 0 Å². The van der Waals surface area contributed by atoms with Crippen LogP contribution in [0.15, 0.2) is 30.3 Å². The zero-order valence-corrected chi connectivity index (χ0v) is 8.61. The smallest absolute Gasteiger partial charge is 0.00989 e. The van der Waals surface area contributed by atoms with Gasteiger partial charge in [-0.25, -0.2) is 0 Å². The summed E-state index contributed by atoms with van der Waals surface area (Å²) < 4.78 is 0. The molecule has 64 valence electrons. The number of thioether (sulfide) groups is 1. The van der Waals surface area contributed by atoms with Crippen molar-refractivity contribution in [1.29, 1.82) is 0 Å². The molecule has 0 aromatic heterocycles. The van der Waals surface area contributed by atoms with Crippen LogP contribution in [0.5, 0.6) is 0 Å². The molecular formula is C11H14S. The van der Waals surface area contributed by atoms with Crippen LogP contribution in [0.3, 0.4) is 0 Å². The molecular weight excluding hydrogens is 164 g/mol. The van der Waals surface area contributed by atoms with Crippen molar-refractivity contribution in [1.82, 2.24) is 0 Å². The molecule has 0 aliphatic heterocycles. The Labute approximate surface area is 78.7 Å². The summed E-state index contributed by atoms with van der Waals surface area (Å²) in [6, 6.07) is 8.63. The van der Waals surface area contributed by atoms with Crippen LogP contribution in [0.25, 0.3) is 4.91 Å². The first-order valence-corrected chi connectivity index (χ1v) is 5.27. The van der Waals surface area contributed by atoms with E-state index in [1.807, 2.05) is 0 Å². The van der Waals surface area contributed by atoms with E-state index in [-0.39, 0.29) is 0 Å². The average molecular weight is 178 g/mol. The lowest BCUT2D eigenvalue weighted by Crippen LogP contribution is -1.79. The van der Waals surface area contributed by atoms with Crippen molar-refractivity contribution in [3.63, 3.8) is 0 Å². The van der Waals surface area contributed by atoms with Gasteiger partial charge >= 0.3 is 0 Å². The molecule has 0 spiro atoms. The van der Waals surface area contributed by atoms with Gasteiger partial charge in [0.1, 0.15) is 0 Å². The predicted molar refractivity (Wildman–Crippen MR) is 58.3 cm³/mol. The molecule has 0 unspecified atom stereocenters. The molecule has 1 heteroatoms. The minimum Gasteiger partial charge on any atom is -0.129 e. The summed E-state index contributed by atoms with van der Waals surface area (Å²) in [5, 5.41) is 0. The third-order valence-electron chi connectivity index (χ3n) is 1.82. The lowest BCUT2D eigenvalue weighted by molar-refractivity contribution is 1.46. The van der Waals surface area contributed by atoms with Gasteiger partial charge in [0.25, 0.3) is 0 Å². The molecule has 12 heavy (non-hydrogen) atoms. The van der Waals surface area contributed by atoms with Crippen LogP contribution in [0.2, 0.25) is 0 Å². The maximum Gasteiger partial charge on any atom is 0.00989 e. The van der Waals surface area contributed by atoms with Crippen molar-refractivity contribution in [2.24, 2.45) is 0 Å². The van der Waals surface area contributed by atoms with Gasteiger partial charge in [-0.2, -0.15) is 0 Å². The summed E-state index contributed by atoms with van der Waals surface area (Å²) in [6.07, 6.45) is 4.25. The van der Waals surface area contributed by atoms with Crippen molar-refractivity contribution in [3.05, 3.63) is 41.5 Å². The maximum absolute atomic E-state index is 2.17. The lowest BCUT2D eigenvalue weighted by Gasteiger charge is -2.03. The third-order valence-corrected chi connectivity index (χ3v) is 2.73. The Hall–Kier alpha value is -0.690. The molecule has 0 nitrogen and oxygen atoms in total. The molecule has 0 N–H and O–H groups in total. The summed E-state index contributed by atoms with van der Waals surface area (Å²) in [5.74, 6) is 0. The average Bonchev–Trinajstić information content (AvgIpc) is 2.10. The highest BCUT2D eigenvalue weighted by atomic mass is 32.2. The maximum atomic E-state index is 2.17. The zero-order chi connectivity index (χ0) is 8.97. The summed E-state index contributed by atoms with van der Waals surface area (Å²) in [6.45, 7) is 4.18. The minimum atomic E-state index is 1.32. The van der Waals surface area contributed by atoms with Gasteiger partial charge in [-0.1, -0.05) is 35.9 Å². The molecule has 0 atom stereocenters. The van der Waals surface area contributed by atoms with Crippen LogP contribution >= 0.6 is 11.8 Å². The van der Waals surface area contributed by atoms with E-state index in [1.54, 1.807) is 11.8 Å². The van der Waals surface area contributed by atoms with Gasteiger partial charge < -0.3 is 0 Å². The number of hydrogen-bond acceptors (Lipinski definition) is 1. The van der Waals surface area contributed by atoms with Crippen LogP contribution in [0.4, 0.5) is 0 Å². The van der Waals surface area contributed by atoms with Crippen molar-refractivity contribution in [2.45, 2.75) is 13.8 Å². The standard InChI is InChI=1S/C11H14S/c1-4-11(12-3)10-7-5-9(2)6-8-10/h4-8H,1-3H3/b11-4-. The van der Waals surface area contributed by atoms with Crippen molar-refractivity contribution >= 4 is 16.7 Å². The second kappa shape index (κ2) is 4.36. The molecule has 0 saturated heterocycles. The number of hydrogen-bond donors (Lipinski definition) is 0. The van der Waals surface area contributed by atoms with Crippen LogP contribution in [-0.2, 0) is 0 Å². The van der Waals surface area contributed by atoms with Crippen molar-refractivity contribution < 1.29 is 0 Å². The molecule has 0 aliphatic carbocycles. The summed E-state index contributed by atoms with van der Waals surface area (Å²) >= 11 is 1.79. The van der Waals surface area contributed by atoms with Crippen molar-refractivity contribution in [3.8, 4) is 0 Å². The van der Waals surface area contributed by atoms with Gasteiger partial charge in [0.15, 0.2) is 0 Å². The second-order valence-corrected chi connectivity index (χ2v) is 3.57. The van der Waals surface area contributed by atoms with Gasteiger partial charge in [-0.05, 0) is 25.7 Å². The van der Waals surface area contributed by atoms with E-state index < -0.39 is 0 Å². The number of rotatable bonds is 2. The zero-order valence-electron chi connectivity index (χ0n) is 7.79. The largest absolute Gasteiger partial charge is 0.129 e. The molecule has 1 rings (SSSR count). The van der Waals surface area contributed by atoms with Gasteiger partial charge in [0, 0.05) is 4.91 Å². The normalized spacial score (nSPS) is 11.8. The first-order valence-electron chi connectivity index (χ1n) is 4.05. The van der Waals surface area contributed by atoms with Crippen molar-refractivity contribution in [2.75, 3.05) is 6.26 Å². The Morgan fingerprint density at radius 3 is 2.25 bits per heavy atom. The van der Waals surface area contributed by atoms with E-state index in [2.05, 4.69) is 50.4 Å². The summed E-state index contributed by atoms with van der Waals surface area (Å²) in [5.41, 5.74) is 2.63. The fourth-order valence-electron chi connectivity index (χ4n) is 1.12. The van der Waals surface area contributed by atoms with Crippen LogP contribution in [0.1, 0.15) is 18.1 Å². The molecule has 0 saturated carbocycles. The van der Waals surface area contributed by atoms with E-state index in [1.165, 1.54) is 16.0 Å². The molecule has 0 amide bonds. The van der Waals surface area contributed by atoms with Gasteiger partial charge in [0.05, 0.1) is 0 Å². The van der Waals surface area contributed by atoms with Crippen LogP contribution in [-0.4, -0.2) is 6.26 Å². The fourth-order valence-corrected chi connectivity index (χ4v) is 1.73. The monoisotopic (exact) mass is 178 g/mol. The quantitative estimate of drug-likeness (QED) is 0.665. The van der Waals surface area contributed by atoms with E-state index >= 15 is 0 Å². The van der Waals surface area contributed by atoms with E-state index in [9.17, 15) is 0 Å². The highest BCUT2D eigenvalue weighted by molar-refractivity contribution is 8.07. The number of benzene rings is 1. The van der Waals surface area contributed by atoms with E-state index in [4.69, 9.17) is 0 Å².